The molecule has 1 aromatic carbocycles. The number of halogens is 1. The van der Waals surface area contributed by atoms with Gasteiger partial charge in [-0.25, -0.2) is 0 Å². The van der Waals surface area contributed by atoms with Crippen LogP contribution in [0.1, 0.15) is 50.2 Å². The first-order valence-electron chi connectivity index (χ1n) is 6.62. The summed E-state index contributed by atoms with van der Waals surface area (Å²) in [4.78, 5) is 11.8. The van der Waals surface area contributed by atoms with E-state index in [9.17, 15) is 9.90 Å². The minimum atomic E-state index is -0.653. The zero-order valence-corrected chi connectivity index (χ0v) is 12.3. The van der Waals surface area contributed by atoms with Crippen LogP contribution in [0.15, 0.2) is 22.7 Å². The van der Waals surface area contributed by atoms with E-state index >= 15 is 0 Å². The van der Waals surface area contributed by atoms with Crippen LogP contribution < -0.4 is 0 Å². The summed E-state index contributed by atoms with van der Waals surface area (Å²) in [6.07, 6.45) is 5.63. The average molecular weight is 311 g/mol. The lowest BCUT2D eigenvalue weighted by molar-refractivity contribution is -0.145. The molecular formula is C15H19BrO2. The molecule has 1 aromatic rings. The molecule has 1 fully saturated rings. The van der Waals surface area contributed by atoms with Gasteiger partial charge in [0.1, 0.15) is 0 Å². The molecule has 1 N–H and O–H groups in total. The van der Waals surface area contributed by atoms with E-state index in [-0.39, 0.29) is 0 Å². The molecule has 0 radical (unpaired) electrons. The van der Waals surface area contributed by atoms with Crippen molar-refractivity contribution in [2.45, 2.75) is 50.9 Å². The van der Waals surface area contributed by atoms with Crippen molar-refractivity contribution < 1.29 is 9.90 Å². The highest BCUT2D eigenvalue weighted by Gasteiger charge is 2.42. The summed E-state index contributed by atoms with van der Waals surface area (Å²) in [5, 5.41) is 9.72. The van der Waals surface area contributed by atoms with E-state index < -0.39 is 11.4 Å². The molecule has 0 amide bonds. The first kappa shape index (κ1) is 13.6. The van der Waals surface area contributed by atoms with E-state index in [0.717, 1.165) is 54.1 Å². The van der Waals surface area contributed by atoms with Gasteiger partial charge in [-0.3, -0.25) is 4.79 Å². The van der Waals surface area contributed by atoms with E-state index in [2.05, 4.69) is 28.9 Å². The normalized spacial score (nSPS) is 18.6. The van der Waals surface area contributed by atoms with Gasteiger partial charge in [0.25, 0.3) is 0 Å². The predicted molar refractivity (Wildman–Crippen MR) is 75.9 cm³/mol. The first-order chi connectivity index (χ1) is 8.60. The molecule has 0 atom stereocenters. The number of aliphatic carboxylic acids is 1. The number of hydrogen-bond acceptors (Lipinski definition) is 1. The van der Waals surface area contributed by atoms with Crippen LogP contribution in [0.3, 0.4) is 0 Å². The van der Waals surface area contributed by atoms with Crippen molar-refractivity contribution in [3.05, 3.63) is 33.8 Å². The van der Waals surface area contributed by atoms with E-state index in [0.29, 0.717) is 0 Å². The minimum absolute atomic E-state index is 0.649. The summed E-state index contributed by atoms with van der Waals surface area (Å²) >= 11 is 3.47. The van der Waals surface area contributed by atoms with Crippen LogP contribution >= 0.6 is 15.9 Å². The van der Waals surface area contributed by atoms with Gasteiger partial charge in [0, 0.05) is 4.47 Å². The molecule has 2 rings (SSSR count). The van der Waals surface area contributed by atoms with Gasteiger partial charge in [-0.2, -0.15) is 0 Å². The van der Waals surface area contributed by atoms with Gasteiger partial charge in [-0.15, -0.1) is 0 Å². The van der Waals surface area contributed by atoms with Crippen LogP contribution in [0.2, 0.25) is 0 Å². The highest BCUT2D eigenvalue weighted by atomic mass is 79.9. The highest BCUT2D eigenvalue weighted by molar-refractivity contribution is 9.10. The molecule has 3 heteroatoms. The predicted octanol–water partition coefficient (Wildman–Crippen LogP) is 4.30. The van der Waals surface area contributed by atoms with E-state index in [4.69, 9.17) is 0 Å². The Labute approximate surface area is 117 Å². The molecule has 0 spiro atoms. The fourth-order valence-electron chi connectivity index (χ4n) is 3.08. The first-order valence-corrected chi connectivity index (χ1v) is 7.42. The van der Waals surface area contributed by atoms with Gasteiger partial charge in [-0.05, 0) is 42.5 Å². The molecule has 1 aliphatic rings. The van der Waals surface area contributed by atoms with Gasteiger partial charge in [-0.1, -0.05) is 48.2 Å². The molecule has 1 saturated carbocycles. The van der Waals surface area contributed by atoms with Crippen molar-refractivity contribution in [2.75, 3.05) is 0 Å². The molecular weight excluding hydrogens is 292 g/mol. The Morgan fingerprint density at radius 1 is 1.33 bits per heavy atom. The molecule has 0 aromatic heterocycles. The average Bonchev–Trinajstić information content (AvgIpc) is 2.39. The molecule has 0 saturated heterocycles. The second kappa shape index (κ2) is 5.43. The van der Waals surface area contributed by atoms with Crippen molar-refractivity contribution in [1.29, 1.82) is 0 Å². The number of rotatable bonds is 3. The Balaban J connectivity index is 2.51. The smallest absolute Gasteiger partial charge is 0.314 e. The Hall–Kier alpha value is -0.830. The maximum atomic E-state index is 11.8. The molecule has 0 heterocycles. The van der Waals surface area contributed by atoms with Crippen molar-refractivity contribution in [2.24, 2.45) is 0 Å². The summed E-state index contributed by atoms with van der Waals surface area (Å²) in [6, 6.07) is 6.03. The number of carboxylic acids is 1. The third kappa shape index (κ3) is 2.33. The number of hydrogen-bond donors (Lipinski definition) is 1. The fraction of sp³-hybridized carbons (Fsp3) is 0.533. The second-order valence-electron chi connectivity index (χ2n) is 5.10. The molecule has 18 heavy (non-hydrogen) atoms. The van der Waals surface area contributed by atoms with Crippen LogP contribution in [0.25, 0.3) is 0 Å². The van der Waals surface area contributed by atoms with Crippen LogP contribution in [0, 0.1) is 0 Å². The summed E-state index contributed by atoms with van der Waals surface area (Å²) in [7, 11) is 0. The quantitative estimate of drug-likeness (QED) is 0.904. The molecule has 0 aliphatic heterocycles. The standard InChI is InChI=1S/C15H19BrO2/c1-2-11-10-12(16)6-7-13(11)15(14(17)18)8-4-3-5-9-15/h6-7,10H,2-5,8-9H2,1H3,(H,17,18). The molecule has 98 valence electrons. The molecule has 0 unspecified atom stereocenters. The number of carboxylic acid groups (broad SMARTS) is 1. The zero-order chi connectivity index (χ0) is 13.2. The van der Waals surface area contributed by atoms with Crippen LogP contribution in [0.4, 0.5) is 0 Å². The second-order valence-corrected chi connectivity index (χ2v) is 6.02. The van der Waals surface area contributed by atoms with Crippen LogP contribution in [-0.4, -0.2) is 11.1 Å². The summed E-state index contributed by atoms with van der Waals surface area (Å²) in [5.41, 5.74) is 1.54. The monoisotopic (exact) mass is 310 g/mol. The number of carbonyl (C=O) groups is 1. The Bertz CT molecular complexity index is 448. The highest BCUT2D eigenvalue weighted by Crippen LogP contribution is 2.41. The SMILES string of the molecule is CCc1cc(Br)ccc1C1(C(=O)O)CCCCC1. The minimum Gasteiger partial charge on any atom is -0.481 e. The van der Waals surface area contributed by atoms with E-state index in [1.165, 1.54) is 0 Å². The summed E-state index contributed by atoms with van der Waals surface area (Å²) in [6.45, 7) is 2.09. The molecule has 0 bridgehead atoms. The fourth-order valence-corrected chi connectivity index (χ4v) is 3.48. The van der Waals surface area contributed by atoms with Crippen molar-refractivity contribution in [3.8, 4) is 0 Å². The van der Waals surface area contributed by atoms with E-state index in [1.807, 2.05) is 12.1 Å². The van der Waals surface area contributed by atoms with Gasteiger partial charge in [0.2, 0.25) is 0 Å². The molecule has 1 aliphatic carbocycles. The summed E-state index contributed by atoms with van der Waals surface area (Å²) < 4.78 is 1.03. The van der Waals surface area contributed by atoms with Gasteiger partial charge < -0.3 is 5.11 Å². The van der Waals surface area contributed by atoms with Crippen LogP contribution in [0.5, 0.6) is 0 Å². The van der Waals surface area contributed by atoms with Crippen molar-refractivity contribution >= 4 is 21.9 Å². The van der Waals surface area contributed by atoms with Gasteiger partial charge in [0.15, 0.2) is 0 Å². The third-order valence-corrected chi connectivity index (χ3v) is 4.57. The zero-order valence-electron chi connectivity index (χ0n) is 10.7. The lowest BCUT2D eigenvalue weighted by Gasteiger charge is -2.35. The lowest BCUT2D eigenvalue weighted by Crippen LogP contribution is -2.38. The maximum Gasteiger partial charge on any atom is 0.314 e. The van der Waals surface area contributed by atoms with Gasteiger partial charge >= 0.3 is 5.97 Å². The van der Waals surface area contributed by atoms with Crippen molar-refractivity contribution in [3.63, 3.8) is 0 Å². The Kier molecular flexibility index (Phi) is 4.10. The van der Waals surface area contributed by atoms with Crippen LogP contribution in [-0.2, 0) is 16.6 Å². The largest absolute Gasteiger partial charge is 0.481 e. The topological polar surface area (TPSA) is 37.3 Å². The third-order valence-electron chi connectivity index (χ3n) is 4.08. The number of aryl methyl sites for hydroxylation is 1. The Morgan fingerprint density at radius 2 is 2.00 bits per heavy atom. The summed E-state index contributed by atoms with van der Waals surface area (Å²) in [5.74, 6) is -0.653. The van der Waals surface area contributed by atoms with Crippen molar-refractivity contribution in [1.82, 2.24) is 0 Å². The maximum absolute atomic E-state index is 11.8. The lowest BCUT2D eigenvalue weighted by atomic mass is 9.68. The van der Waals surface area contributed by atoms with E-state index in [1.54, 1.807) is 0 Å². The Morgan fingerprint density at radius 3 is 2.56 bits per heavy atom. The molecule has 2 nitrogen and oxygen atoms in total. The van der Waals surface area contributed by atoms with Gasteiger partial charge in [0.05, 0.1) is 5.41 Å². The number of benzene rings is 1.